The fourth-order valence-corrected chi connectivity index (χ4v) is 4.79. The van der Waals surface area contributed by atoms with Crippen molar-refractivity contribution in [2.75, 3.05) is 13.7 Å². The van der Waals surface area contributed by atoms with Gasteiger partial charge in [-0.05, 0) is 55.9 Å². The normalized spacial score (nSPS) is 22.2. The third-order valence-electron chi connectivity index (χ3n) is 5.11. The van der Waals surface area contributed by atoms with E-state index in [-0.39, 0.29) is 10.8 Å². The lowest BCUT2D eigenvalue weighted by Crippen LogP contribution is -2.39. The zero-order valence-electron chi connectivity index (χ0n) is 13.9. The topological polar surface area (TPSA) is 75.7 Å². The number of hydrogen-bond donors (Lipinski definition) is 1. The smallest absolute Gasteiger partial charge is 0.262 e. The number of rotatable bonds is 5. The number of carbonyl (C=O) groups is 1. The molecule has 1 atom stereocenters. The first kappa shape index (κ1) is 17.4. The van der Waals surface area contributed by atoms with Gasteiger partial charge >= 0.3 is 0 Å². The molecule has 0 radical (unpaired) electrons. The summed E-state index contributed by atoms with van der Waals surface area (Å²) in [6.45, 7) is 0.797. The van der Waals surface area contributed by atoms with Crippen LogP contribution in [0.4, 0.5) is 0 Å². The van der Waals surface area contributed by atoms with Gasteiger partial charge in [-0.3, -0.25) is 9.63 Å². The SMILES string of the molecule is CONS(=O)(=O)c1ccc(C(=O)N2CCC[C@@H]2C2CCCC2)cc1. The van der Waals surface area contributed by atoms with Crippen LogP contribution in [0.25, 0.3) is 0 Å². The van der Waals surface area contributed by atoms with Crippen LogP contribution in [0.2, 0.25) is 0 Å². The number of benzene rings is 1. The zero-order valence-corrected chi connectivity index (χ0v) is 14.7. The van der Waals surface area contributed by atoms with Gasteiger partial charge in [-0.2, -0.15) is 0 Å². The number of sulfonamides is 1. The van der Waals surface area contributed by atoms with E-state index in [1.54, 1.807) is 12.1 Å². The molecule has 0 bridgehead atoms. The summed E-state index contributed by atoms with van der Waals surface area (Å²) in [4.78, 5) is 21.3. The molecule has 6 nitrogen and oxygen atoms in total. The minimum atomic E-state index is -3.69. The first-order valence-corrected chi connectivity index (χ1v) is 9.97. The van der Waals surface area contributed by atoms with Gasteiger partial charge in [0.1, 0.15) is 0 Å². The molecule has 0 aromatic heterocycles. The largest absolute Gasteiger partial charge is 0.335 e. The van der Waals surface area contributed by atoms with E-state index in [9.17, 15) is 13.2 Å². The lowest BCUT2D eigenvalue weighted by atomic mass is 9.95. The molecular formula is C17H24N2O4S. The molecular weight excluding hydrogens is 328 g/mol. The Morgan fingerprint density at radius 2 is 1.79 bits per heavy atom. The van der Waals surface area contributed by atoms with E-state index in [1.165, 1.54) is 44.9 Å². The summed E-state index contributed by atoms with van der Waals surface area (Å²) < 4.78 is 23.7. The van der Waals surface area contributed by atoms with E-state index in [4.69, 9.17) is 0 Å². The van der Waals surface area contributed by atoms with E-state index in [2.05, 4.69) is 4.84 Å². The molecule has 0 spiro atoms. The fraction of sp³-hybridized carbons (Fsp3) is 0.588. The van der Waals surface area contributed by atoms with Gasteiger partial charge in [0.2, 0.25) is 0 Å². The molecule has 2 aliphatic rings. The molecule has 1 heterocycles. The second-order valence-corrected chi connectivity index (χ2v) is 8.21. The Morgan fingerprint density at radius 1 is 1.12 bits per heavy atom. The highest BCUT2D eigenvalue weighted by atomic mass is 32.2. The highest BCUT2D eigenvalue weighted by molar-refractivity contribution is 7.89. The summed E-state index contributed by atoms with van der Waals surface area (Å²) in [6.07, 6.45) is 7.10. The second kappa shape index (κ2) is 7.21. The summed E-state index contributed by atoms with van der Waals surface area (Å²) in [5.41, 5.74) is 0.538. The van der Waals surface area contributed by atoms with Gasteiger partial charge in [0.05, 0.1) is 12.0 Å². The maximum atomic E-state index is 12.8. The molecule has 3 rings (SSSR count). The van der Waals surface area contributed by atoms with Gasteiger partial charge in [-0.1, -0.05) is 17.7 Å². The molecule has 1 saturated heterocycles. The Kier molecular flexibility index (Phi) is 5.22. The summed E-state index contributed by atoms with van der Waals surface area (Å²) in [5, 5.41) is 0. The van der Waals surface area contributed by atoms with Crippen molar-refractivity contribution < 1.29 is 18.0 Å². The highest BCUT2D eigenvalue weighted by Crippen LogP contribution is 2.36. The molecule has 1 aliphatic carbocycles. The van der Waals surface area contributed by atoms with Crippen LogP contribution in [-0.4, -0.2) is 38.9 Å². The lowest BCUT2D eigenvalue weighted by molar-refractivity contribution is 0.0689. The van der Waals surface area contributed by atoms with E-state index in [1.807, 2.05) is 9.79 Å². The summed E-state index contributed by atoms with van der Waals surface area (Å²) >= 11 is 0. The number of nitrogens with zero attached hydrogens (tertiary/aromatic N) is 1. The number of nitrogens with one attached hydrogen (secondary N) is 1. The van der Waals surface area contributed by atoms with Crippen molar-refractivity contribution in [3.63, 3.8) is 0 Å². The van der Waals surface area contributed by atoms with Crippen molar-refractivity contribution in [2.45, 2.75) is 49.5 Å². The summed E-state index contributed by atoms with van der Waals surface area (Å²) in [6, 6.07) is 6.39. The van der Waals surface area contributed by atoms with Crippen LogP contribution in [0.1, 0.15) is 48.9 Å². The number of amides is 1. The van der Waals surface area contributed by atoms with Gasteiger partial charge in [-0.15, -0.1) is 0 Å². The molecule has 1 saturated carbocycles. The van der Waals surface area contributed by atoms with Crippen LogP contribution < -0.4 is 4.89 Å². The molecule has 7 heteroatoms. The molecule has 2 fully saturated rings. The number of carbonyl (C=O) groups excluding carboxylic acids is 1. The maximum Gasteiger partial charge on any atom is 0.262 e. The van der Waals surface area contributed by atoms with Crippen molar-refractivity contribution in [2.24, 2.45) is 5.92 Å². The Bertz CT molecular complexity index is 681. The summed E-state index contributed by atoms with van der Waals surface area (Å²) in [5.74, 6) is 0.634. The van der Waals surface area contributed by atoms with Crippen LogP contribution >= 0.6 is 0 Å². The van der Waals surface area contributed by atoms with Gasteiger partial charge in [0.25, 0.3) is 15.9 Å². The van der Waals surface area contributed by atoms with Crippen molar-refractivity contribution in [3.05, 3.63) is 29.8 Å². The average molecular weight is 352 g/mol. The molecule has 1 amide bonds. The van der Waals surface area contributed by atoms with Crippen LogP contribution in [0, 0.1) is 5.92 Å². The average Bonchev–Trinajstić information content (AvgIpc) is 3.25. The number of likely N-dealkylation sites (tertiary alicyclic amines) is 1. The number of hydrogen-bond acceptors (Lipinski definition) is 4. The van der Waals surface area contributed by atoms with E-state index >= 15 is 0 Å². The third-order valence-corrected chi connectivity index (χ3v) is 6.39. The van der Waals surface area contributed by atoms with E-state index < -0.39 is 10.0 Å². The van der Waals surface area contributed by atoms with Crippen LogP contribution in [0.3, 0.4) is 0 Å². The first-order chi connectivity index (χ1) is 11.5. The molecule has 1 aliphatic heterocycles. The van der Waals surface area contributed by atoms with Crippen LogP contribution in [0.15, 0.2) is 29.2 Å². The van der Waals surface area contributed by atoms with Crippen LogP contribution in [0.5, 0.6) is 0 Å². The fourth-order valence-electron chi connectivity index (χ4n) is 3.98. The van der Waals surface area contributed by atoms with E-state index in [0.717, 1.165) is 19.4 Å². The van der Waals surface area contributed by atoms with Gasteiger partial charge in [-0.25, -0.2) is 8.42 Å². The van der Waals surface area contributed by atoms with Gasteiger partial charge in [0.15, 0.2) is 0 Å². The van der Waals surface area contributed by atoms with Crippen molar-refractivity contribution in [3.8, 4) is 0 Å². The van der Waals surface area contributed by atoms with Crippen molar-refractivity contribution in [1.29, 1.82) is 0 Å². The molecule has 1 aromatic rings. The van der Waals surface area contributed by atoms with Gasteiger partial charge in [0, 0.05) is 18.2 Å². The lowest BCUT2D eigenvalue weighted by Gasteiger charge is -2.29. The molecule has 1 N–H and O–H groups in total. The Labute approximate surface area is 143 Å². The highest BCUT2D eigenvalue weighted by Gasteiger charge is 2.36. The van der Waals surface area contributed by atoms with Crippen LogP contribution in [-0.2, 0) is 14.9 Å². The Morgan fingerprint density at radius 3 is 2.42 bits per heavy atom. The Hall–Kier alpha value is -1.44. The minimum absolute atomic E-state index is 0.00745. The third kappa shape index (κ3) is 3.48. The summed E-state index contributed by atoms with van der Waals surface area (Å²) in [7, 11) is -2.45. The quantitative estimate of drug-likeness (QED) is 0.825. The standard InChI is InChI=1S/C17H24N2O4S/c1-23-18-24(21,22)15-10-8-14(9-11-15)17(20)19-12-4-7-16(19)13-5-2-3-6-13/h8-11,13,16,18H,2-7,12H2,1H3/t16-/m1/s1. The van der Waals surface area contributed by atoms with Crippen molar-refractivity contribution >= 4 is 15.9 Å². The van der Waals surface area contributed by atoms with Crippen molar-refractivity contribution in [1.82, 2.24) is 9.79 Å². The molecule has 24 heavy (non-hydrogen) atoms. The second-order valence-electron chi connectivity index (χ2n) is 6.57. The monoisotopic (exact) mass is 352 g/mol. The molecule has 0 unspecified atom stereocenters. The predicted molar refractivity (Wildman–Crippen MR) is 89.8 cm³/mol. The Balaban J connectivity index is 1.75. The first-order valence-electron chi connectivity index (χ1n) is 8.49. The molecule has 1 aromatic carbocycles. The molecule has 132 valence electrons. The predicted octanol–water partition coefficient (Wildman–Crippen LogP) is 2.32. The maximum absolute atomic E-state index is 12.8. The zero-order chi connectivity index (χ0) is 17.2. The minimum Gasteiger partial charge on any atom is -0.335 e. The van der Waals surface area contributed by atoms with E-state index in [0.29, 0.717) is 17.5 Å². The van der Waals surface area contributed by atoms with Gasteiger partial charge < -0.3 is 4.90 Å².